The molecule has 10 nitrogen and oxygen atoms in total. The summed E-state index contributed by atoms with van der Waals surface area (Å²) >= 11 is 1.14. The number of rotatable bonds is 7. The molecule has 0 radical (unpaired) electrons. The van der Waals surface area contributed by atoms with Crippen LogP contribution < -0.4 is 10.2 Å². The van der Waals surface area contributed by atoms with Gasteiger partial charge in [-0.2, -0.15) is 0 Å². The second kappa shape index (κ2) is 9.96. The summed E-state index contributed by atoms with van der Waals surface area (Å²) in [6, 6.07) is 10.8. The molecule has 0 aliphatic carbocycles. The number of thioether (sulfide) groups is 1. The van der Waals surface area contributed by atoms with Gasteiger partial charge in [0.1, 0.15) is 5.82 Å². The van der Waals surface area contributed by atoms with Crippen molar-refractivity contribution in [3.63, 3.8) is 0 Å². The lowest BCUT2D eigenvalue weighted by Crippen LogP contribution is -2.37. The monoisotopic (exact) mass is 472 g/mol. The Hall–Kier alpha value is -3.51. The molecule has 3 aromatic rings. The Morgan fingerprint density at radius 1 is 1.21 bits per heavy atom. The van der Waals surface area contributed by atoms with E-state index in [1.54, 1.807) is 0 Å². The summed E-state index contributed by atoms with van der Waals surface area (Å²) in [4.78, 5) is 24.8. The largest absolute Gasteiger partial charge is 0.378 e. The van der Waals surface area contributed by atoms with E-state index in [-0.39, 0.29) is 17.1 Å². The van der Waals surface area contributed by atoms with Crippen molar-refractivity contribution in [3.8, 4) is 5.69 Å². The minimum atomic E-state index is -0.753. The Labute approximate surface area is 192 Å². The Balaban J connectivity index is 1.53. The third kappa shape index (κ3) is 5.29. The first-order chi connectivity index (χ1) is 15.9. The van der Waals surface area contributed by atoms with Gasteiger partial charge in [0, 0.05) is 25.2 Å². The fourth-order valence-corrected chi connectivity index (χ4v) is 4.03. The number of non-ortho nitro benzene ring substituents is 1. The quantitative estimate of drug-likeness (QED) is 0.317. The third-order valence-corrected chi connectivity index (χ3v) is 5.90. The van der Waals surface area contributed by atoms with E-state index in [1.165, 1.54) is 0 Å². The highest BCUT2D eigenvalue weighted by Gasteiger charge is 2.22. The number of nitro groups is 1. The van der Waals surface area contributed by atoms with Gasteiger partial charge in [-0.25, -0.2) is 4.39 Å². The highest BCUT2D eigenvalue weighted by Crippen LogP contribution is 2.28. The number of benzene rings is 2. The molecule has 1 saturated heterocycles. The van der Waals surface area contributed by atoms with E-state index < -0.39 is 16.6 Å². The summed E-state index contributed by atoms with van der Waals surface area (Å²) in [5.74, 6) is -0.716. The number of morpholine rings is 1. The van der Waals surface area contributed by atoms with Crippen LogP contribution in [-0.4, -0.2) is 57.7 Å². The first-order valence-electron chi connectivity index (χ1n) is 10.1. The lowest BCUT2D eigenvalue weighted by Gasteiger charge is -2.27. The predicted octanol–water partition coefficient (Wildman–Crippen LogP) is 3.19. The third-order valence-electron chi connectivity index (χ3n) is 4.97. The Bertz CT molecular complexity index is 1160. The van der Waals surface area contributed by atoms with Crippen LogP contribution >= 0.6 is 11.8 Å². The summed E-state index contributed by atoms with van der Waals surface area (Å²) < 4.78 is 21.3. The van der Waals surface area contributed by atoms with Gasteiger partial charge in [-0.1, -0.05) is 29.5 Å². The first kappa shape index (κ1) is 22.7. The fraction of sp³-hybridized carbons (Fsp3) is 0.286. The number of hydrogen-bond donors (Lipinski definition) is 1. The number of aryl methyl sites for hydroxylation is 1. The summed E-state index contributed by atoms with van der Waals surface area (Å²) in [5, 5.41) is 22.4. The Kier molecular flexibility index (Phi) is 6.84. The van der Waals surface area contributed by atoms with Gasteiger partial charge in [0.15, 0.2) is 5.16 Å². The molecular formula is C21H21FN6O4S. The molecule has 0 saturated carbocycles. The number of amides is 1. The van der Waals surface area contributed by atoms with E-state index in [0.717, 1.165) is 41.2 Å². The van der Waals surface area contributed by atoms with Crippen LogP contribution in [0.25, 0.3) is 5.69 Å². The van der Waals surface area contributed by atoms with Crippen LogP contribution in [0.5, 0.6) is 0 Å². The zero-order chi connectivity index (χ0) is 23.4. The smallest absolute Gasteiger partial charge is 0.271 e. The number of nitro benzene ring substituents is 1. The maximum atomic E-state index is 14.0. The maximum Gasteiger partial charge on any atom is 0.271 e. The first-order valence-corrected chi connectivity index (χ1v) is 11.1. The van der Waals surface area contributed by atoms with Crippen molar-refractivity contribution >= 4 is 35.0 Å². The zero-order valence-corrected chi connectivity index (χ0v) is 18.5. The van der Waals surface area contributed by atoms with Crippen LogP contribution in [0.2, 0.25) is 0 Å². The molecule has 1 N–H and O–H groups in total. The highest BCUT2D eigenvalue weighted by atomic mass is 32.2. The minimum Gasteiger partial charge on any atom is -0.378 e. The Morgan fingerprint density at radius 2 is 1.94 bits per heavy atom. The van der Waals surface area contributed by atoms with Crippen LogP contribution in [0.4, 0.5) is 21.7 Å². The van der Waals surface area contributed by atoms with Crippen LogP contribution in [-0.2, 0) is 9.53 Å². The van der Waals surface area contributed by atoms with Gasteiger partial charge in [-0.3, -0.25) is 19.5 Å². The van der Waals surface area contributed by atoms with E-state index in [1.807, 2.05) is 35.8 Å². The molecular weight excluding hydrogens is 451 g/mol. The lowest BCUT2D eigenvalue weighted by molar-refractivity contribution is -0.384. The summed E-state index contributed by atoms with van der Waals surface area (Å²) in [7, 11) is 0. The van der Waals surface area contributed by atoms with Crippen LogP contribution in [0.1, 0.15) is 5.56 Å². The molecule has 4 rings (SSSR count). The molecule has 2 heterocycles. The molecule has 0 spiro atoms. The average molecular weight is 473 g/mol. The van der Waals surface area contributed by atoms with Crippen molar-refractivity contribution in [2.24, 2.45) is 0 Å². The van der Waals surface area contributed by atoms with Crippen molar-refractivity contribution in [3.05, 3.63) is 64.0 Å². The van der Waals surface area contributed by atoms with Crippen molar-refractivity contribution in [1.82, 2.24) is 14.8 Å². The number of halogens is 1. The average Bonchev–Trinajstić information content (AvgIpc) is 3.24. The van der Waals surface area contributed by atoms with Gasteiger partial charge < -0.3 is 15.0 Å². The van der Waals surface area contributed by atoms with Gasteiger partial charge in [0.2, 0.25) is 11.9 Å². The Morgan fingerprint density at radius 3 is 2.64 bits per heavy atom. The normalized spacial score (nSPS) is 13.7. The second-order valence-corrected chi connectivity index (χ2v) is 8.25. The standard InChI is InChI=1S/C21H21FN6O4S/c1-14-2-4-15(5-3-14)27-20(26-8-10-32-11-9-26)24-25-21(27)33-13-19(29)23-18-12-16(28(30)31)6-7-17(18)22/h2-7,12H,8-11,13H2,1H3,(H,23,29). The fourth-order valence-electron chi connectivity index (χ4n) is 3.28. The number of anilines is 2. The van der Waals surface area contributed by atoms with Gasteiger partial charge in [0.25, 0.3) is 5.69 Å². The highest BCUT2D eigenvalue weighted by molar-refractivity contribution is 7.99. The van der Waals surface area contributed by atoms with E-state index in [9.17, 15) is 19.3 Å². The van der Waals surface area contributed by atoms with Gasteiger partial charge in [0.05, 0.1) is 35.3 Å². The zero-order valence-electron chi connectivity index (χ0n) is 17.7. The van der Waals surface area contributed by atoms with E-state index >= 15 is 0 Å². The number of nitrogens with one attached hydrogen (secondary N) is 1. The number of nitrogens with zero attached hydrogens (tertiary/aromatic N) is 5. The number of hydrogen-bond acceptors (Lipinski definition) is 8. The van der Waals surface area contributed by atoms with Gasteiger partial charge in [-0.15, -0.1) is 10.2 Å². The molecule has 1 aliphatic heterocycles. The molecule has 1 aromatic heterocycles. The molecule has 172 valence electrons. The summed E-state index contributed by atoms with van der Waals surface area (Å²) in [6.45, 7) is 4.50. The van der Waals surface area contributed by atoms with Crippen molar-refractivity contribution in [2.75, 3.05) is 42.3 Å². The molecule has 1 amide bonds. The van der Waals surface area contributed by atoms with Crippen molar-refractivity contribution < 1.29 is 18.8 Å². The molecule has 0 bridgehead atoms. The molecule has 1 aliphatic rings. The molecule has 12 heteroatoms. The maximum absolute atomic E-state index is 14.0. The SMILES string of the molecule is Cc1ccc(-n2c(SCC(=O)Nc3cc([N+](=O)[O-])ccc3F)nnc2N2CCOCC2)cc1. The molecule has 2 aromatic carbocycles. The number of ether oxygens (including phenoxy) is 1. The molecule has 0 atom stereocenters. The second-order valence-electron chi connectivity index (χ2n) is 7.31. The lowest BCUT2D eigenvalue weighted by atomic mass is 10.2. The summed E-state index contributed by atoms with van der Waals surface area (Å²) in [6.07, 6.45) is 0. The van der Waals surface area contributed by atoms with E-state index in [2.05, 4.69) is 20.4 Å². The van der Waals surface area contributed by atoms with Gasteiger partial charge in [-0.05, 0) is 25.1 Å². The molecule has 0 unspecified atom stereocenters. The topological polar surface area (TPSA) is 115 Å². The van der Waals surface area contributed by atoms with Crippen LogP contribution in [0, 0.1) is 22.9 Å². The van der Waals surface area contributed by atoms with E-state index in [4.69, 9.17) is 4.74 Å². The van der Waals surface area contributed by atoms with Crippen molar-refractivity contribution in [1.29, 1.82) is 0 Å². The van der Waals surface area contributed by atoms with Gasteiger partial charge >= 0.3 is 0 Å². The van der Waals surface area contributed by atoms with Crippen LogP contribution in [0.15, 0.2) is 47.6 Å². The molecule has 33 heavy (non-hydrogen) atoms. The number of aromatic nitrogens is 3. The van der Waals surface area contributed by atoms with Crippen LogP contribution in [0.3, 0.4) is 0 Å². The summed E-state index contributed by atoms with van der Waals surface area (Å²) in [5.41, 5.74) is 1.39. The number of carbonyl (C=O) groups is 1. The van der Waals surface area contributed by atoms with E-state index in [0.29, 0.717) is 37.4 Å². The van der Waals surface area contributed by atoms with Crippen molar-refractivity contribution in [2.45, 2.75) is 12.1 Å². The minimum absolute atomic E-state index is 0.0881. The predicted molar refractivity (Wildman–Crippen MR) is 122 cm³/mol. The molecule has 1 fully saturated rings. The number of carbonyl (C=O) groups excluding carboxylic acids is 1.